The van der Waals surface area contributed by atoms with Crippen LogP contribution in [0.3, 0.4) is 0 Å². The van der Waals surface area contributed by atoms with Gasteiger partial charge in [0.25, 0.3) is 11.8 Å². The second kappa shape index (κ2) is 5.96. The van der Waals surface area contributed by atoms with E-state index in [9.17, 15) is 19.2 Å². The molecule has 24 heavy (non-hydrogen) atoms. The van der Waals surface area contributed by atoms with E-state index in [0.29, 0.717) is 10.6 Å². The average molecular weight is 324 g/mol. The van der Waals surface area contributed by atoms with Crippen LogP contribution in [0.25, 0.3) is 0 Å². The van der Waals surface area contributed by atoms with E-state index < -0.39 is 23.7 Å². The number of fused-ring (bicyclic) bond motifs is 1. The van der Waals surface area contributed by atoms with E-state index >= 15 is 0 Å². The number of amides is 3. The lowest BCUT2D eigenvalue weighted by atomic mass is 10.1. The van der Waals surface area contributed by atoms with Crippen LogP contribution in [0.15, 0.2) is 48.5 Å². The second-order valence-electron chi connectivity index (χ2n) is 5.15. The van der Waals surface area contributed by atoms with Gasteiger partial charge in [0, 0.05) is 5.56 Å². The predicted octanol–water partition coefficient (Wildman–Crippen LogP) is 1.08. The maximum absolute atomic E-state index is 12.1. The van der Waals surface area contributed by atoms with Crippen molar-refractivity contribution < 1.29 is 24.0 Å². The molecule has 0 bridgehead atoms. The molecule has 2 aromatic carbocycles. The summed E-state index contributed by atoms with van der Waals surface area (Å²) in [6.45, 7) is 0. The van der Waals surface area contributed by atoms with Crippen LogP contribution in [-0.2, 0) is 16.1 Å². The van der Waals surface area contributed by atoms with Crippen molar-refractivity contribution in [1.29, 1.82) is 0 Å². The smallest absolute Gasteiger partial charge is 0.337 e. The molecule has 120 valence electrons. The quantitative estimate of drug-likeness (QED) is 0.847. The number of hydrogen-bond donors (Lipinski definition) is 1. The van der Waals surface area contributed by atoms with E-state index in [1.807, 2.05) is 0 Å². The molecule has 0 saturated heterocycles. The summed E-state index contributed by atoms with van der Waals surface area (Å²) in [5, 5.41) is 0.449. The van der Waals surface area contributed by atoms with Gasteiger partial charge in [-0.1, -0.05) is 29.3 Å². The standard InChI is InChI=1S/C17H12N2O5/c18-15(21)11-5-3-4-10(8-11)9-14(20)24-19-16(22)12-6-1-2-7-13(12)17(19)23/h1-8H,9H2,(H2,18,21). The Balaban J connectivity index is 1.72. The number of primary amides is 1. The number of carbonyl (C=O) groups excluding carboxylic acids is 4. The Kier molecular flexibility index (Phi) is 3.83. The Morgan fingerprint density at radius 1 is 0.958 bits per heavy atom. The molecule has 0 unspecified atom stereocenters. The fraction of sp³-hybridized carbons (Fsp3) is 0.0588. The van der Waals surface area contributed by atoms with Crippen molar-refractivity contribution in [1.82, 2.24) is 5.06 Å². The van der Waals surface area contributed by atoms with E-state index in [1.54, 1.807) is 24.3 Å². The third-order valence-corrected chi connectivity index (χ3v) is 3.51. The van der Waals surface area contributed by atoms with E-state index in [1.165, 1.54) is 24.3 Å². The molecule has 0 aliphatic carbocycles. The van der Waals surface area contributed by atoms with Crippen LogP contribution in [0.5, 0.6) is 0 Å². The number of benzene rings is 2. The lowest BCUT2D eigenvalue weighted by Gasteiger charge is -2.12. The molecule has 0 spiro atoms. The molecular weight excluding hydrogens is 312 g/mol. The fourth-order valence-corrected chi connectivity index (χ4v) is 2.39. The van der Waals surface area contributed by atoms with Crippen molar-refractivity contribution in [3.05, 3.63) is 70.8 Å². The molecule has 3 amide bonds. The first-order chi connectivity index (χ1) is 11.5. The van der Waals surface area contributed by atoms with Gasteiger partial charge in [-0.05, 0) is 29.8 Å². The van der Waals surface area contributed by atoms with Crippen LogP contribution in [0.1, 0.15) is 36.6 Å². The number of rotatable bonds is 4. The van der Waals surface area contributed by atoms with Gasteiger partial charge in [0.1, 0.15) is 0 Å². The van der Waals surface area contributed by atoms with Gasteiger partial charge in [-0.2, -0.15) is 0 Å². The molecule has 2 N–H and O–H groups in total. The van der Waals surface area contributed by atoms with Crippen LogP contribution in [0.4, 0.5) is 0 Å². The normalized spacial score (nSPS) is 12.9. The van der Waals surface area contributed by atoms with Crippen LogP contribution in [-0.4, -0.2) is 28.8 Å². The van der Waals surface area contributed by atoms with Crippen molar-refractivity contribution in [3.8, 4) is 0 Å². The SMILES string of the molecule is NC(=O)c1cccc(CC(=O)ON2C(=O)c3ccccc3C2=O)c1. The Labute approximate surface area is 136 Å². The summed E-state index contributed by atoms with van der Waals surface area (Å²) in [6.07, 6.45) is -0.214. The van der Waals surface area contributed by atoms with Gasteiger partial charge in [-0.15, -0.1) is 0 Å². The molecule has 3 rings (SSSR count). The monoisotopic (exact) mass is 324 g/mol. The first-order valence-corrected chi connectivity index (χ1v) is 7.04. The van der Waals surface area contributed by atoms with Gasteiger partial charge in [0.05, 0.1) is 17.5 Å². The highest BCUT2D eigenvalue weighted by molar-refractivity contribution is 6.20. The molecule has 1 aliphatic rings. The van der Waals surface area contributed by atoms with Crippen LogP contribution < -0.4 is 5.73 Å². The highest BCUT2D eigenvalue weighted by Crippen LogP contribution is 2.22. The number of nitrogens with two attached hydrogens (primary N) is 1. The molecular formula is C17H12N2O5. The maximum Gasteiger partial charge on any atom is 0.337 e. The van der Waals surface area contributed by atoms with Gasteiger partial charge in [-0.25, -0.2) is 4.79 Å². The fourth-order valence-electron chi connectivity index (χ4n) is 2.39. The molecule has 7 heteroatoms. The summed E-state index contributed by atoms with van der Waals surface area (Å²) in [5.41, 5.74) is 6.28. The van der Waals surface area contributed by atoms with Crippen molar-refractivity contribution in [3.63, 3.8) is 0 Å². The molecule has 0 fully saturated rings. The zero-order valence-electron chi connectivity index (χ0n) is 12.4. The molecule has 1 aliphatic heterocycles. The molecule has 7 nitrogen and oxygen atoms in total. The van der Waals surface area contributed by atoms with Crippen LogP contribution in [0, 0.1) is 0 Å². The lowest BCUT2D eigenvalue weighted by molar-refractivity contribution is -0.167. The minimum Gasteiger partial charge on any atom is -0.366 e. The topological polar surface area (TPSA) is 107 Å². The van der Waals surface area contributed by atoms with Crippen molar-refractivity contribution in [2.75, 3.05) is 0 Å². The predicted molar refractivity (Wildman–Crippen MR) is 81.7 cm³/mol. The van der Waals surface area contributed by atoms with E-state index in [-0.39, 0.29) is 23.1 Å². The number of hydrogen-bond acceptors (Lipinski definition) is 5. The summed E-state index contributed by atoms with van der Waals surface area (Å²) in [5.74, 6) is -2.79. The van der Waals surface area contributed by atoms with Crippen LogP contribution >= 0.6 is 0 Å². The molecule has 0 saturated carbocycles. The maximum atomic E-state index is 12.1. The second-order valence-corrected chi connectivity index (χ2v) is 5.15. The Hall–Kier alpha value is -3.48. The highest BCUT2D eigenvalue weighted by atomic mass is 16.7. The van der Waals surface area contributed by atoms with Crippen molar-refractivity contribution in [2.45, 2.75) is 6.42 Å². The van der Waals surface area contributed by atoms with Gasteiger partial charge < -0.3 is 10.6 Å². The van der Waals surface area contributed by atoms with Gasteiger partial charge >= 0.3 is 5.97 Å². The summed E-state index contributed by atoms with van der Waals surface area (Å²) in [6, 6.07) is 12.4. The third kappa shape index (κ3) is 2.74. The zero-order chi connectivity index (χ0) is 17.3. The number of carbonyl (C=O) groups is 4. The van der Waals surface area contributed by atoms with E-state index in [4.69, 9.17) is 10.6 Å². The Morgan fingerprint density at radius 3 is 2.17 bits per heavy atom. The summed E-state index contributed by atoms with van der Waals surface area (Å²) >= 11 is 0. The summed E-state index contributed by atoms with van der Waals surface area (Å²) in [4.78, 5) is 52.3. The van der Waals surface area contributed by atoms with Gasteiger partial charge in [0.15, 0.2) is 0 Å². The minimum atomic E-state index is -0.800. The Morgan fingerprint density at radius 2 is 1.58 bits per heavy atom. The number of hydroxylamine groups is 2. The number of nitrogens with zero attached hydrogens (tertiary/aromatic N) is 1. The van der Waals surface area contributed by atoms with Crippen molar-refractivity contribution >= 4 is 23.7 Å². The lowest BCUT2D eigenvalue weighted by Crippen LogP contribution is -2.33. The van der Waals surface area contributed by atoms with E-state index in [0.717, 1.165) is 0 Å². The molecule has 1 heterocycles. The molecule has 0 atom stereocenters. The van der Waals surface area contributed by atoms with E-state index in [2.05, 4.69) is 0 Å². The average Bonchev–Trinajstić information content (AvgIpc) is 2.80. The summed E-state index contributed by atoms with van der Waals surface area (Å²) < 4.78 is 0. The Bertz CT molecular complexity index is 840. The first kappa shape index (κ1) is 15.4. The highest BCUT2D eigenvalue weighted by Gasteiger charge is 2.38. The molecule has 0 aromatic heterocycles. The first-order valence-electron chi connectivity index (χ1n) is 7.04. The van der Waals surface area contributed by atoms with Crippen LogP contribution in [0.2, 0.25) is 0 Å². The number of imide groups is 1. The summed E-state index contributed by atoms with van der Waals surface area (Å²) in [7, 11) is 0. The largest absolute Gasteiger partial charge is 0.366 e. The van der Waals surface area contributed by atoms with Crippen molar-refractivity contribution in [2.24, 2.45) is 5.73 Å². The molecule has 0 radical (unpaired) electrons. The molecule has 2 aromatic rings. The third-order valence-electron chi connectivity index (χ3n) is 3.51. The zero-order valence-corrected chi connectivity index (χ0v) is 12.4. The van der Waals surface area contributed by atoms with Gasteiger partial charge in [-0.3, -0.25) is 14.4 Å². The minimum absolute atomic E-state index is 0.186. The van der Waals surface area contributed by atoms with Gasteiger partial charge in [0.2, 0.25) is 5.91 Å².